The number of benzene rings is 2. The molecule has 0 atom stereocenters. The summed E-state index contributed by atoms with van der Waals surface area (Å²) < 4.78 is 10.2. The third-order valence-electron chi connectivity index (χ3n) is 3.08. The van der Waals surface area contributed by atoms with E-state index in [4.69, 9.17) is 9.47 Å². The molecule has 0 aliphatic heterocycles. The zero-order valence-corrected chi connectivity index (χ0v) is 12.6. The molecular weight excluding hydrogens is 280 g/mol. The predicted octanol–water partition coefficient (Wildman–Crippen LogP) is 3.47. The second kappa shape index (κ2) is 7.31. The van der Waals surface area contributed by atoms with E-state index in [0.717, 1.165) is 16.7 Å². The first kappa shape index (κ1) is 15.6. The molecule has 0 aromatic heterocycles. The van der Waals surface area contributed by atoms with Crippen LogP contribution in [0.4, 0.5) is 0 Å². The highest BCUT2D eigenvalue weighted by molar-refractivity contribution is 5.87. The quantitative estimate of drug-likeness (QED) is 0.678. The highest BCUT2D eigenvalue weighted by Crippen LogP contribution is 2.26. The summed E-state index contributed by atoms with van der Waals surface area (Å²) in [5, 5.41) is 9.50. The molecular formula is C18H18O4. The van der Waals surface area contributed by atoms with Gasteiger partial charge >= 0.3 is 5.97 Å². The Hall–Kier alpha value is -2.75. The number of aryl methyl sites for hydroxylation is 1. The van der Waals surface area contributed by atoms with E-state index in [1.807, 2.05) is 31.2 Å². The number of hydrogen-bond donors (Lipinski definition) is 1. The second-order valence-corrected chi connectivity index (χ2v) is 4.86. The largest absolute Gasteiger partial charge is 0.504 e. The molecule has 0 radical (unpaired) electrons. The van der Waals surface area contributed by atoms with Crippen LogP contribution in [-0.2, 0) is 16.1 Å². The van der Waals surface area contributed by atoms with Gasteiger partial charge in [-0.05, 0) is 36.3 Å². The van der Waals surface area contributed by atoms with Crippen LogP contribution in [0.15, 0.2) is 48.5 Å². The lowest BCUT2D eigenvalue weighted by molar-refractivity contribution is -0.138. The molecule has 1 N–H and O–H groups in total. The van der Waals surface area contributed by atoms with Gasteiger partial charge in [0.2, 0.25) is 0 Å². The van der Waals surface area contributed by atoms with E-state index in [1.54, 1.807) is 18.2 Å². The Morgan fingerprint density at radius 1 is 1.23 bits per heavy atom. The molecule has 114 valence electrons. The van der Waals surface area contributed by atoms with Crippen molar-refractivity contribution in [3.8, 4) is 11.5 Å². The van der Waals surface area contributed by atoms with Crippen LogP contribution >= 0.6 is 0 Å². The van der Waals surface area contributed by atoms with Crippen LogP contribution in [0.3, 0.4) is 0 Å². The number of hydrogen-bond acceptors (Lipinski definition) is 4. The molecule has 2 rings (SSSR count). The minimum Gasteiger partial charge on any atom is -0.504 e. The van der Waals surface area contributed by atoms with Gasteiger partial charge in [0.1, 0.15) is 6.61 Å². The van der Waals surface area contributed by atoms with Crippen molar-refractivity contribution in [3.05, 3.63) is 65.2 Å². The Bertz CT molecular complexity index is 689. The van der Waals surface area contributed by atoms with Crippen molar-refractivity contribution in [1.29, 1.82) is 0 Å². The van der Waals surface area contributed by atoms with Crippen LogP contribution in [-0.4, -0.2) is 18.2 Å². The summed E-state index contributed by atoms with van der Waals surface area (Å²) in [5.74, 6) is -0.00880. The molecule has 2 aromatic rings. The SMILES string of the molecule is COc1cc(/C=C/C(=O)OCc2cccc(C)c2)ccc1O. The number of carbonyl (C=O) groups excluding carboxylic acids is 1. The molecule has 0 aliphatic carbocycles. The minimum absolute atomic E-state index is 0.0571. The van der Waals surface area contributed by atoms with Crippen molar-refractivity contribution in [2.75, 3.05) is 7.11 Å². The van der Waals surface area contributed by atoms with Gasteiger partial charge in [-0.3, -0.25) is 0 Å². The maximum absolute atomic E-state index is 11.7. The van der Waals surface area contributed by atoms with Gasteiger partial charge < -0.3 is 14.6 Å². The lowest BCUT2D eigenvalue weighted by Gasteiger charge is -2.04. The third kappa shape index (κ3) is 4.38. The molecule has 0 fully saturated rings. The van der Waals surface area contributed by atoms with Crippen LogP contribution < -0.4 is 4.74 Å². The average molecular weight is 298 g/mol. The standard InChI is InChI=1S/C18H18O4/c1-13-4-3-5-15(10-13)12-22-18(20)9-7-14-6-8-16(19)17(11-14)21-2/h3-11,19H,12H2,1-2H3/b9-7+. The topological polar surface area (TPSA) is 55.8 Å². The van der Waals surface area contributed by atoms with Gasteiger partial charge in [0.15, 0.2) is 11.5 Å². The average Bonchev–Trinajstić information content (AvgIpc) is 2.52. The number of phenols is 1. The summed E-state index contributed by atoms with van der Waals surface area (Å²) in [4.78, 5) is 11.7. The minimum atomic E-state index is -0.423. The lowest BCUT2D eigenvalue weighted by Crippen LogP contribution is -2.00. The summed E-state index contributed by atoms with van der Waals surface area (Å²) >= 11 is 0. The van der Waals surface area contributed by atoms with Gasteiger partial charge in [-0.1, -0.05) is 35.9 Å². The highest BCUT2D eigenvalue weighted by atomic mass is 16.5. The Morgan fingerprint density at radius 3 is 2.77 bits per heavy atom. The molecule has 0 amide bonds. The number of ether oxygens (including phenoxy) is 2. The first-order valence-electron chi connectivity index (χ1n) is 6.86. The number of rotatable bonds is 5. The molecule has 22 heavy (non-hydrogen) atoms. The molecule has 4 heteroatoms. The van der Waals surface area contributed by atoms with Crippen molar-refractivity contribution in [3.63, 3.8) is 0 Å². The zero-order valence-electron chi connectivity index (χ0n) is 12.6. The molecule has 0 saturated carbocycles. The Balaban J connectivity index is 1.94. The van der Waals surface area contributed by atoms with Crippen LogP contribution in [0.1, 0.15) is 16.7 Å². The molecule has 2 aromatic carbocycles. The van der Waals surface area contributed by atoms with Crippen LogP contribution in [0, 0.1) is 6.92 Å². The predicted molar refractivity (Wildman–Crippen MR) is 84.7 cm³/mol. The van der Waals surface area contributed by atoms with Crippen molar-refractivity contribution in [2.45, 2.75) is 13.5 Å². The lowest BCUT2D eigenvalue weighted by atomic mass is 10.1. The summed E-state index contributed by atoms with van der Waals surface area (Å²) in [7, 11) is 1.47. The fraction of sp³-hybridized carbons (Fsp3) is 0.167. The molecule has 0 heterocycles. The van der Waals surface area contributed by atoms with E-state index in [9.17, 15) is 9.90 Å². The fourth-order valence-corrected chi connectivity index (χ4v) is 1.97. The molecule has 0 bridgehead atoms. The van der Waals surface area contributed by atoms with E-state index in [0.29, 0.717) is 5.75 Å². The van der Waals surface area contributed by atoms with Gasteiger partial charge in [-0.25, -0.2) is 4.79 Å². The number of carbonyl (C=O) groups is 1. The monoisotopic (exact) mass is 298 g/mol. The van der Waals surface area contributed by atoms with E-state index < -0.39 is 5.97 Å². The number of esters is 1. The normalized spacial score (nSPS) is 10.6. The number of aromatic hydroxyl groups is 1. The Labute approximate surface area is 129 Å². The van der Waals surface area contributed by atoms with Gasteiger partial charge in [-0.15, -0.1) is 0 Å². The first-order chi connectivity index (χ1) is 10.6. The summed E-state index contributed by atoms with van der Waals surface area (Å²) in [5.41, 5.74) is 2.82. The Morgan fingerprint density at radius 2 is 2.05 bits per heavy atom. The van der Waals surface area contributed by atoms with Crippen molar-refractivity contribution in [1.82, 2.24) is 0 Å². The maximum Gasteiger partial charge on any atom is 0.331 e. The van der Waals surface area contributed by atoms with Crippen LogP contribution in [0.2, 0.25) is 0 Å². The molecule has 4 nitrogen and oxygen atoms in total. The maximum atomic E-state index is 11.7. The van der Waals surface area contributed by atoms with Gasteiger partial charge in [-0.2, -0.15) is 0 Å². The molecule has 0 saturated heterocycles. The number of phenolic OH excluding ortho intramolecular Hbond substituents is 1. The Kier molecular flexibility index (Phi) is 5.20. The fourth-order valence-electron chi connectivity index (χ4n) is 1.97. The van der Waals surface area contributed by atoms with Gasteiger partial charge in [0, 0.05) is 6.08 Å². The smallest absolute Gasteiger partial charge is 0.331 e. The summed E-state index contributed by atoms with van der Waals surface area (Å²) in [6, 6.07) is 12.6. The van der Waals surface area contributed by atoms with Crippen molar-refractivity contribution in [2.24, 2.45) is 0 Å². The van der Waals surface area contributed by atoms with E-state index in [1.165, 1.54) is 19.3 Å². The second-order valence-electron chi connectivity index (χ2n) is 4.86. The van der Waals surface area contributed by atoms with E-state index in [2.05, 4.69) is 0 Å². The first-order valence-corrected chi connectivity index (χ1v) is 6.86. The van der Waals surface area contributed by atoms with Crippen LogP contribution in [0.5, 0.6) is 11.5 Å². The number of methoxy groups -OCH3 is 1. The van der Waals surface area contributed by atoms with E-state index in [-0.39, 0.29) is 12.4 Å². The molecule has 0 spiro atoms. The van der Waals surface area contributed by atoms with Crippen molar-refractivity contribution < 1.29 is 19.4 Å². The van der Waals surface area contributed by atoms with E-state index >= 15 is 0 Å². The zero-order chi connectivity index (χ0) is 15.9. The highest BCUT2D eigenvalue weighted by Gasteiger charge is 2.02. The van der Waals surface area contributed by atoms with Crippen LogP contribution in [0.25, 0.3) is 6.08 Å². The van der Waals surface area contributed by atoms with Gasteiger partial charge in [0.25, 0.3) is 0 Å². The summed E-state index contributed by atoms with van der Waals surface area (Å²) in [6.07, 6.45) is 2.96. The molecule has 0 unspecified atom stereocenters. The summed E-state index contributed by atoms with van der Waals surface area (Å²) in [6.45, 7) is 2.23. The molecule has 0 aliphatic rings. The van der Waals surface area contributed by atoms with Crippen molar-refractivity contribution >= 4 is 12.0 Å². The third-order valence-corrected chi connectivity index (χ3v) is 3.08. The van der Waals surface area contributed by atoms with Gasteiger partial charge in [0.05, 0.1) is 7.11 Å².